The number of hydrogen-bond acceptors (Lipinski definition) is 6. The lowest BCUT2D eigenvalue weighted by molar-refractivity contribution is -0.123. The van der Waals surface area contributed by atoms with Crippen molar-refractivity contribution in [1.29, 1.82) is 0 Å². The van der Waals surface area contributed by atoms with Crippen molar-refractivity contribution >= 4 is 17.4 Å². The summed E-state index contributed by atoms with van der Waals surface area (Å²) in [5, 5.41) is 11.4. The first kappa shape index (κ1) is 18.2. The first-order valence-corrected chi connectivity index (χ1v) is 10.1. The van der Waals surface area contributed by atoms with Crippen molar-refractivity contribution in [1.82, 2.24) is 29.8 Å². The second-order valence-corrected chi connectivity index (χ2v) is 7.85. The summed E-state index contributed by atoms with van der Waals surface area (Å²) >= 11 is 0. The molecule has 0 spiro atoms. The fourth-order valence-electron chi connectivity index (χ4n) is 4.34. The van der Waals surface area contributed by atoms with E-state index in [1.54, 1.807) is 12.5 Å². The summed E-state index contributed by atoms with van der Waals surface area (Å²) in [6.45, 7) is 5.18. The van der Waals surface area contributed by atoms with Crippen LogP contribution >= 0.6 is 0 Å². The van der Waals surface area contributed by atoms with E-state index in [-0.39, 0.29) is 11.9 Å². The molecule has 4 rings (SSSR count). The quantitative estimate of drug-likeness (QED) is 0.820. The zero-order valence-corrected chi connectivity index (χ0v) is 16.0. The molecule has 2 aromatic rings. The summed E-state index contributed by atoms with van der Waals surface area (Å²) in [5.41, 5.74) is 0.781. The molecule has 2 aliphatic rings. The minimum Gasteiger partial charge on any atom is -0.352 e. The van der Waals surface area contributed by atoms with Gasteiger partial charge in [0.2, 0.25) is 11.6 Å². The third-order valence-electron chi connectivity index (χ3n) is 5.77. The van der Waals surface area contributed by atoms with Gasteiger partial charge >= 0.3 is 0 Å². The largest absolute Gasteiger partial charge is 0.352 e. The van der Waals surface area contributed by atoms with Gasteiger partial charge in [-0.15, -0.1) is 10.2 Å². The molecule has 1 aliphatic carbocycles. The van der Waals surface area contributed by atoms with Gasteiger partial charge in [-0.25, -0.2) is 4.98 Å². The van der Waals surface area contributed by atoms with E-state index in [2.05, 4.69) is 37.2 Å². The van der Waals surface area contributed by atoms with Gasteiger partial charge in [-0.05, 0) is 19.8 Å². The van der Waals surface area contributed by atoms with Crippen LogP contribution in [-0.4, -0.2) is 68.7 Å². The highest BCUT2D eigenvalue weighted by molar-refractivity contribution is 5.78. The molecule has 2 aromatic heterocycles. The van der Waals surface area contributed by atoms with Crippen molar-refractivity contribution in [3.8, 4) is 0 Å². The number of carbonyl (C=O) groups is 1. The highest BCUT2D eigenvalue weighted by Gasteiger charge is 2.28. The number of fused-ring (bicyclic) bond motifs is 1. The summed E-state index contributed by atoms with van der Waals surface area (Å²) in [7, 11) is 0. The molecule has 8 heteroatoms. The predicted molar refractivity (Wildman–Crippen MR) is 104 cm³/mol. The van der Waals surface area contributed by atoms with Gasteiger partial charge in [0, 0.05) is 44.1 Å². The molecule has 1 atom stereocenters. The van der Waals surface area contributed by atoms with Gasteiger partial charge in [0.05, 0.1) is 6.54 Å². The Morgan fingerprint density at radius 2 is 2.04 bits per heavy atom. The summed E-state index contributed by atoms with van der Waals surface area (Å²) in [5.74, 6) is 1.03. The van der Waals surface area contributed by atoms with E-state index in [9.17, 15) is 4.79 Å². The molecule has 1 saturated carbocycles. The molecule has 0 unspecified atom stereocenters. The van der Waals surface area contributed by atoms with E-state index in [4.69, 9.17) is 0 Å². The highest BCUT2D eigenvalue weighted by atomic mass is 16.2. The Balaban J connectivity index is 1.33. The number of rotatable bonds is 4. The summed E-state index contributed by atoms with van der Waals surface area (Å²) in [6, 6.07) is 0.633. The normalized spacial score (nSPS) is 22.7. The first-order valence-electron chi connectivity index (χ1n) is 10.1. The maximum Gasteiger partial charge on any atom is 0.234 e. The number of nitrogens with zero attached hydrogens (tertiary/aromatic N) is 6. The zero-order valence-electron chi connectivity index (χ0n) is 16.0. The number of aromatic nitrogens is 4. The minimum atomic E-state index is 0.167. The third kappa shape index (κ3) is 4.21. The lowest BCUT2D eigenvalue weighted by atomic mass is 10.1. The molecular weight excluding hydrogens is 342 g/mol. The molecule has 3 heterocycles. The summed E-state index contributed by atoms with van der Waals surface area (Å²) in [6.07, 6.45) is 12.7. The Kier molecular flexibility index (Phi) is 5.52. The number of nitrogens with one attached hydrogen (secondary N) is 1. The summed E-state index contributed by atoms with van der Waals surface area (Å²) in [4.78, 5) is 21.5. The van der Waals surface area contributed by atoms with Crippen molar-refractivity contribution < 1.29 is 4.79 Å². The van der Waals surface area contributed by atoms with E-state index >= 15 is 0 Å². The Bertz CT molecular complexity index is 768. The molecule has 8 nitrogen and oxygen atoms in total. The minimum absolute atomic E-state index is 0.167. The highest BCUT2D eigenvalue weighted by Crippen LogP contribution is 2.22. The van der Waals surface area contributed by atoms with E-state index in [1.807, 2.05) is 10.6 Å². The molecule has 0 bridgehead atoms. The fourth-order valence-corrected chi connectivity index (χ4v) is 4.34. The van der Waals surface area contributed by atoms with E-state index < -0.39 is 0 Å². The standard InChI is InChI=1S/C19H29N7O/c1-15-12-24(13-17(27)22-16-6-4-2-3-5-7-16)10-11-26(15)18-19-23-21-14-25(19)9-8-20-18/h8-9,14-16H,2-7,10-13H2,1H3,(H,22,27)/t15-/m1/s1. The Morgan fingerprint density at radius 1 is 1.22 bits per heavy atom. The average molecular weight is 371 g/mol. The van der Waals surface area contributed by atoms with Crippen molar-refractivity contribution in [3.63, 3.8) is 0 Å². The van der Waals surface area contributed by atoms with Crippen LogP contribution in [0.4, 0.5) is 5.82 Å². The van der Waals surface area contributed by atoms with Crippen LogP contribution in [0.3, 0.4) is 0 Å². The van der Waals surface area contributed by atoms with E-state index in [0.717, 1.165) is 43.9 Å². The third-order valence-corrected chi connectivity index (χ3v) is 5.77. The van der Waals surface area contributed by atoms with Gasteiger partial charge in [-0.1, -0.05) is 25.7 Å². The van der Waals surface area contributed by atoms with Crippen molar-refractivity contribution in [2.75, 3.05) is 31.1 Å². The molecule has 27 heavy (non-hydrogen) atoms. The van der Waals surface area contributed by atoms with Crippen LogP contribution in [0, 0.1) is 0 Å². The Morgan fingerprint density at radius 3 is 2.81 bits per heavy atom. The van der Waals surface area contributed by atoms with Crippen LogP contribution in [0.15, 0.2) is 18.7 Å². The van der Waals surface area contributed by atoms with Crippen LogP contribution in [0.1, 0.15) is 45.4 Å². The zero-order chi connectivity index (χ0) is 18.6. The van der Waals surface area contributed by atoms with Gasteiger partial charge in [0.25, 0.3) is 0 Å². The molecule has 1 N–H and O–H groups in total. The van der Waals surface area contributed by atoms with Gasteiger partial charge in [0.15, 0.2) is 5.82 Å². The van der Waals surface area contributed by atoms with Gasteiger partial charge in [-0.2, -0.15) is 0 Å². The molecule has 2 fully saturated rings. The maximum atomic E-state index is 12.5. The second-order valence-electron chi connectivity index (χ2n) is 7.85. The maximum absolute atomic E-state index is 12.5. The average Bonchev–Trinajstić information content (AvgIpc) is 2.99. The Hall–Kier alpha value is -2.22. The van der Waals surface area contributed by atoms with Crippen LogP contribution < -0.4 is 10.2 Å². The number of carbonyl (C=O) groups excluding carboxylic acids is 1. The molecular formula is C19H29N7O. The van der Waals surface area contributed by atoms with Gasteiger partial charge in [0.1, 0.15) is 6.33 Å². The molecule has 1 saturated heterocycles. The number of piperazine rings is 1. The lowest BCUT2D eigenvalue weighted by Crippen LogP contribution is -2.54. The second kappa shape index (κ2) is 8.21. The van der Waals surface area contributed by atoms with Crippen molar-refractivity contribution in [3.05, 3.63) is 18.7 Å². The number of amides is 1. The van der Waals surface area contributed by atoms with Crippen molar-refractivity contribution in [2.45, 2.75) is 57.5 Å². The van der Waals surface area contributed by atoms with Crippen molar-refractivity contribution in [2.24, 2.45) is 0 Å². The molecule has 0 radical (unpaired) electrons. The van der Waals surface area contributed by atoms with E-state index in [1.165, 1.54) is 25.7 Å². The molecule has 146 valence electrons. The van der Waals surface area contributed by atoms with Gasteiger partial charge in [-0.3, -0.25) is 14.1 Å². The monoisotopic (exact) mass is 371 g/mol. The SMILES string of the molecule is C[C@@H]1CN(CC(=O)NC2CCCCCC2)CCN1c1nccn2cnnc12. The first-order chi connectivity index (χ1) is 13.2. The molecule has 1 aliphatic heterocycles. The summed E-state index contributed by atoms with van der Waals surface area (Å²) < 4.78 is 1.89. The van der Waals surface area contributed by atoms with Crippen LogP contribution in [0.5, 0.6) is 0 Å². The molecule has 0 aromatic carbocycles. The van der Waals surface area contributed by atoms with Crippen LogP contribution in [0.2, 0.25) is 0 Å². The smallest absolute Gasteiger partial charge is 0.234 e. The number of anilines is 1. The van der Waals surface area contributed by atoms with E-state index in [0.29, 0.717) is 12.6 Å². The Labute approximate surface area is 160 Å². The predicted octanol–water partition coefficient (Wildman–Crippen LogP) is 1.47. The number of hydrogen-bond donors (Lipinski definition) is 1. The lowest BCUT2D eigenvalue weighted by Gasteiger charge is -2.40. The van der Waals surface area contributed by atoms with Crippen LogP contribution in [0.25, 0.3) is 5.65 Å². The van der Waals surface area contributed by atoms with Gasteiger partial charge < -0.3 is 10.2 Å². The topological polar surface area (TPSA) is 78.7 Å². The fraction of sp³-hybridized carbons (Fsp3) is 0.684. The van der Waals surface area contributed by atoms with Crippen LogP contribution in [-0.2, 0) is 4.79 Å². The molecule has 1 amide bonds.